The molecule has 0 aliphatic carbocycles. The number of amides is 2. The van der Waals surface area contributed by atoms with Crippen molar-refractivity contribution >= 4 is 34.7 Å². The molecule has 1 aliphatic heterocycles. The Morgan fingerprint density at radius 2 is 1.82 bits per heavy atom. The second-order valence-electron chi connectivity index (χ2n) is 8.63. The number of nitrogens with one attached hydrogen (secondary N) is 1. The maximum atomic E-state index is 13.8. The molecule has 0 radical (unpaired) electrons. The summed E-state index contributed by atoms with van der Waals surface area (Å²) in [6, 6.07) is 10.7. The average Bonchev–Trinajstić information content (AvgIpc) is 3.28. The fraction of sp³-hybridized carbons (Fsp3) is 0.308. The van der Waals surface area contributed by atoms with Gasteiger partial charge in [-0.1, -0.05) is 45.4 Å². The van der Waals surface area contributed by atoms with Gasteiger partial charge in [0.1, 0.15) is 5.57 Å². The van der Waals surface area contributed by atoms with Crippen LogP contribution in [-0.4, -0.2) is 33.0 Å². The van der Waals surface area contributed by atoms with Gasteiger partial charge < -0.3 is 0 Å². The number of aromatic nitrogens is 3. The predicted molar refractivity (Wildman–Crippen MR) is 132 cm³/mol. The summed E-state index contributed by atoms with van der Waals surface area (Å²) >= 11 is 6.16. The van der Waals surface area contributed by atoms with E-state index < -0.39 is 17.4 Å². The molecule has 4 rings (SSSR count). The van der Waals surface area contributed by atoms with E-state index >= 15 is 0 Å². The maximum absolute atomic E-state index is 13.8. The summed E-state index contributed by atoms with van der Waals surface area (Å²) in [5.74, 6) is -0.954. The van der Waals surface area contributed by atoms with Crippen molar-refractivity contribution in [2.45, 2.75) is 46.5 Å². The second-order valence-corrected chi connectivity index (χ2v) is 9.07. The molecule has 1 aromatic carbocycles. The molecule has 1 N–H and O–H groups in total. The molecule has 34 heavy (non-hydrogen) atoms. The Labute approximate surface area is 203 Å². The maximum Gasteiger partial charge on any atom is 0.326 e. The third kappa shape index (κ3) is 4.01. The van der Waals surface area contributed by atoms with E-state index in [1.807, 2.05) is 46.0 Å². The van der Waals surface area contributed by atoms with Crippen molar-refractivity contribution in [1.82, 2.24) is 14.7 Å². The lowest BCUT2D eigenvalue weighted by Crippen LogP contribution is -2.40. The number of hydrogen-bond donors (Lipinski definition) is 1. The fourth-order valence-electron chi connectivity index (χ4n) is 4.24. The van der Waals surface area contributed by atoms with E-state index in [-0.39, 0.29) is 29.3 Å². The van der Waals surface area contributed by atoms with Crippen molar-refractivity contribution < 1.29 is 14.2 Å². The molecule has 1 aliphatic rings. The Bertz CT molecular complexity index is 1370. The van der Waals surface area contributed by atoms with Gasteiger partial charge in [0.05, 0.1) is 11.3 Å². The van der Waals surface area contributed by atoms with E-state index in [9.17, 15) is 14.4 Å². The van der Waals surface area contributed by atoms with Crippen LogP contribution >= 0.6 is 11.6 Å². The zero-order valence-corrected chi connectivity index (χ0v) is 20.5. The minimum atomic E-state index is -0.451. The molecular formula is C26H28ClN4O3+. The summed E-state index contributed by atoms with van der Waals surface area (Å²) in [5, 5.41) is 3.65. The van der Waals surface area contributed by atoms with Crippen molar-refractivity contribution in [2.24, 2.45) is 0 Å². The molecule has 0 saturated carbocycles. The van der Waals surface area contributed by atoms with E-state index in [1.54, 1.807) is 35.0 Å². The first kappa shape index (κ1) is 23.7. The normalized spacial score (nSPS) is 14.1. The molecule has 2 aromatic heterocycles. The third-order valence-electron chi connectivity index (χ3n) is 5.93. The van der Waals surface area contributed by atoms with Crippen LogP contribution in [-0.2, 0) is 16.0 Å². The molecule has 0 fully saturated rings. The van der Waals surface area contributed by atoms with E-state index in [4.69, 9.17) is 11.6 Å². The van der Waals surface area contributed by atoms with Gasteiger partial charge in [-0.25, -0.2) is 4.68 Å². The first-order valence-electron chi connectivity index (χ1n) is 11.5. The first-order chi connectivity index (χ1) is 16.3. The van der Waals surface area contributed by atoms with Crippen LogP contribution in [0.5, 0.6) is 0 Å². The summed E-state index contributed by atoms with van der Waals surface area (Å²) in [5.41, 5.74) is 2.30. The molecule has 176 valence electrons. The van der Waals surface area contributed by atoms with Gasteiger partial charge in [0.25, 0.3) is 17.2 Å². The van der Waals surface area contributed by atoms with Crippen LogP contribution in [0.1, 0.15) is 56.9 Å². The number of carbonyl (C=O) groups excluding carboxylic acids is 2. The van der Waals surface area contributed by atoms with E-state index in [0.717, 1.165) is 12.0 Å². The molecule has 0 spiro atoms. The van der Waals surface area contributed by atoms with Gasteiger partial charge in [0, 0.05) is 28.9 Å². The Balaban J connectivity index is 2.04. The van der Waals surface area contributed by atoms with Crippen LogP contribution < -0.4 is 10.1 Å². The number of aromatic amines is 1. The molecule has 0 unspecified atom stereocenters. The number of imide groups is 1. The zero-order chi connectivity index (χ0) is 24.6. The molecule has 0 atom stereocenters. The summed E-state index contributed by atoms with van der Waals surface area (Å²) in [6.45, 7) is 8.08. The molecule has 3 aromatic rings. The molecular weight excluding hydrogens is 452 g/mol. The summed E-state index contributed by atoms with van der Waals surface area (Å²) in [7, 11) is 0. The monoisotopic (exact) mass is 479 g/mol. The molecule has 2 amide bonds. The third-order valence-corrected chi connectivity index (χ3v) is 6.17. The van der Waals surface area contributed by atoms with E-state index in [2.05, 4.69) is 5.10 Å². The SMILES string of the molecule is CCCN1C(=O)C(c2c(C(C)C)[nH]n(-c3cccc(Cl)c3)c2=O)=C([n+]2cccc(CC)c2)C1=O. The van der Waals surface area contributed by atoms with Gasteiger partial charge in [0.15, 0.2) is 12.4 Å². The molecule has 0 bridgehead atoms. The van der Waals surface area contributed by atoms with Crippen molar-refractivity contribution in [1.29, 1.82) is 0 Å². The van der Waals surface area contributed by atoms with Crippen molar-refractivity contribution in [2.75, 3.05) is 6.54 Å². The van der Waals surface area contributed by atoms with Crippen molar-refractivity contribution in [3.05, 3.63) is 81.0 Å². The van der Waals surface area contributed by atoms with Gasteiger partial charge in [-0.05, 0) is 43.0 Å². The second kappa shape index (κ2) is 9.43. The van der Waals surface area contributed by atoms with Crippen LogP contribution in [0.25, 0.3) is 17.0 Å². The van der Waals surface area contributed by atoms with Crippen LogP contribution in [0, 0.1) is 0 Å². The van der Waals surface area contributed by atoms with E-state index in [0.29, 0.717) is 22.8 Å². The Kier molecular flexibility index (Phi) is 6.57. The van der Waals surface area contributed by atoms with Crippen LogP contribution in [0.15, 0.2) is 53.6 Å². The molecule has 0 saturated heterocycles. The highest BCUT2D eigenvalue weighted by Gasteiger charge is 2.47. The zero-order valence-electron chi connectivity index (χ0n) is 19.8. The number of aryl methyl sites for hydroxylation is 1. The van der Waals surface area contributed by atoms with Gasteiger partial charge in [-0.3, -0.25) is 24.4 Å². The van der Waals surface area contributed by atoms with Gasteiger partial charge in [0.2, 0.25) is 0 Å². The number of nitrogens with zero attached hydrogens (tertiary/aromatic N) is 3. The smallest absolute Gasteiger partial charge is 0.294 e. The minimum Gasteiger partial charge on any atom is -0.294 e. The lowest BCUT2D eigenvalue weighted by atomic mass is 9.98. The number of pyridine rings is 1. The number of benzene rings is 1. The number of halogens is 1. The molecule has 8 heteroatoms. The average molecular weight is 480 g/mol. The lowest BCUT2D eigenvalue weighted by molar-refractivity contribution is -0.577. The highest BCUT2D eigenvalue weighted by Crippen LogP contribution is 2.32. The van der Waals surface area contributed by atoms with Crippen molar-refractivity contribution in [3.63, 3.8) is 0 Å². The fourth-order valence-corrected chi connectivity index (χ4v) is 4.42. The van der Waals surface area contributed by atoms with Crippen molar-refractivity contribution in [3.8, 4) is 5.69 Å². The van der Waals surface area contributed by atoms with Crippen LogP contribution in [0.2, 0.25) is 5.02 Å². The van der Waals surface area contributed by atoms with E-state index in [1.165, 1.54) is 9.58 Å². The van der Waals surface area contributed by atoms with Gasteiger partial charge >= 0.3 is 5.91 Å². The lowest BCUT2D eigenvalue weighted by Gasteiger charge is -2.12. The Morgan fingerprint density at radius 1 is 1.06 bits per heavy atom. The number of carbonyl (C=O) groups is 2. The number of hydrogen-bond acceptors (Lipinski definition) is 3. The standard InChI is InChI=1S/C26H27ClN4O3/c1-5-12-30-24(32)21(23(26(30)34)29-13-8-9-17(6-2)15-29)20-22(16(3)4)28-31(25(20)33)19-11-7-10-18(27)14-19/h7-11,13-16H,5-6,12H2,1-4H3/p+1. The highest BCUT2D eigenvalue weighted by molar-refractivity contribution is 6.44. The Morgan fingerprint density at radius 3 is 2.47 bits per heavy atom. The molecule has 3 heterocycles. The molecule has 7 nitrogen and oxygen atoms in total. The number of H-pyrrole nitrogens is 1. The Hall–Kier alpha value is -3.45. The summed E-state index contributed by atoms with van der Waals surface area (Å²) < 4.78 is 3.05. The highest BCUT2D eigenvalue weighted by atomic mass is 35.5. The van der Waals surface area contributed by atoms with Crippen LogP contribution in [0.3, 0.4) is 0 Å². The van der Waals surface area contributed by atoms with Gasteiger partial charge in [-0.15, -0.1) is 0 Å². The van der Waals surface area contributed by atoms with Gasteiger partial charge in [-0.2, -0.15) is 4.57 Å². The number of rotatable bonds is 7. The topological polar surface area (TPSA) is 79.1 Å². The summed E-state index contributed by atoms with van der Waals surface area (Å²) in [6.07, 6.45) is 4.97. The quantitative estimate of drug-likeness (QED) is 0.412. The first-order valence-corrected chi connectivity index (χ1v) is 11.9. The van der Waals surface area contributed by atoms with Crippen LogP contribution in [0.4, 0.5) is 0 Å². The largest absolute Gasteiger partial charge is 0.326 e. The minimum absolute atomic E-state index is 0.105. The summed E-state index contributed by atoms with van der Waals surface area (Å²) in [4.78, 5) is 42.1. The predicted octanol–water partition coefficient (Wildman–Crippen LogP) is 3.94.